The highest BCUT2D eigenvalue weighted by atomic mass is 16.5. The molecule has 0 aromatic heterocycles. The van der Waals surface area contributed by atoms with Gasteiger partial charge in [0.05, 0.1) is 6.61 Å². The molecule has 0 unspecified atom stereocenters. The number of hydrogen-bond donors (Lipinski definition) is 1. The highest BCUT2D eigenvalue weighted by Crippen LogP contribution is 2.06. The minimum absolute atomic E-state index is 0.198. The first-order valence-electron chi connectivity index (χ1n) is 4.50. The molecule has 15 heavy (non-hydrogen) atoms. The molecule has 0 aliphatic rings. The van der Waals surface area contributed by atoms with E-state index in [1.165, 1.54) is 12.1 Å². The SMILES string of the molecule is COCCc1ccc(C(=O)C(=O)O)cc1. The Morgan fingerprint density at radius 3 is 2.33 bits per heavy atom. The van der Waals surface area contributed by atoms with Crippen LogP contribution in [0.15, 0.2) is 24.3 Å². The van der Waals surface area contributed by atoms with Crippen molar-refractivity contribution in [3.05, 3.63) is 35.4 Å². The summed E-state index contributed by atoms with van der Waals surface area (Å²) in [5.74, 6) is -2.31. The second-order valence-corrected chi connectivity index (χ2v) is 3.07. The molecule has 0 bridgehead atoms. The minimum Gasteiger partial charge on any atom is -0.475 e. The first-order valence-corrected chi connectivity index (χ1v) is 4.50. The molecule has 0 radical (unpaired) electrons. The van der Waals surface area contributed by atoms with Gasteiger partial charge in [-0.3, -0.25) is 4.79 Å². The highest BCUT2D eigenvalue weighted by molar-refractivity contribution is 6.39. The van der Waals surface area contributed by atoms with Crippen LogP contribution in [-0.4, -0.2) is 30.6 Å². The average Bonchev–Trinajstić information content (AvgIpc) is 2.26. The first kappa shape index (κ1) is 11.4. The molecule has 0 heterocycles. The monoisotopic (exact) mass is 208 g/mol. The largest absolute Gasteiger partial charge is 0.475 e. The minimum atomic E-state index is -1.43. The van der Waals surface area contributed by atoms with E-state index in [1.54, 1.807) is 19.2 Å². The fourth-order valence-electron chi connectivity index (χ4n) is 1.17. The van der Waals surface area contributed by atoms with Gasteiger partial charge in [0, 0.05) is 12.7 Å². The summed E-state index contributed by atoms with van der Waals surface area (Å²) >= 11 is 0. The third kappa shape index (κ3) is 3.18. The molecule has 0 amide bonds. The van der Waals surface area contributed by atoms with Crippen molar-refractivity contribution in [3.8, 4) is 0 Å². The molecule has 1 N–H and O–H groups in total. The Kier molecular flexibility index (Phi) is 4.00. The Balaban J connectivity index is 2.72. The molecule has 1 aromatic rings. The van der Waals surface area contributed by atoms with E-state index < -0.39 is 11.8 Å². The average molecular weight is 208 g/mol. The second-order valence-electron chi connectivity index (χ2n) is 3.07. The molecule has 4 heteroatoms. The third-order valence-corrected chi connectivity index (χ3v) is 2.01. The van der Waals surface area contributed by atoms with Crippen LogP contribution < -0.4 is 0 Å². The zero-order valence-corrected chi connectivity index (χ0v) is 8.40. The van der Waals surface area contributed by atoms with Crippen LogP contribution in [0, 0.1) is 0 Å². The number of carbonyl (C=O) groups excluding carboxylic acids is 1. The summed E-state index contributed by atoms with van der Waals surface area (Å²) in [5, 5.41) is 8.48. The number of carbonyl (C=O) groups is 2. The summed E-state index contributed by atoms with van der Waals surface area (Å²) in [5.41, 5.74) is 1.21. The summed E-state index contributed by atoms with van der Waals surface area (Å²) in [7, 11) is 1.61. The molecule has 0 atom stereocenters. The smallest absolute Gasteiger partial charge is 0.377 e. The molecule has 0 aliphatic heterocycles. The summed E-state index contributed by atoms with van der Waals surface area (Å²) in [6, 6.07) is 6.49. The van der Waals surface area contributed by atoms with Crippen LogP contribution in [0.3, 0.4) is 0 Å². The van der Waals surface area contributed by atoms with E-state index in [2.05, 4.69) is 0 Å². The molecule has 0 spiro atoms. The number of carboxylic acid groups (broad SMARTS) is 1. The standard InChI is InChI=1S/C11H12O4/c1-15-7-6-8-2-4-9(5-3-8)10(12)11(13)14/h2-5H,6-7H2,1H3,(H,13,14). The third-order valence-electron chi connectivity index (χ3n) is 2.01. The molecule has 1 aromatic carbocycles. The molecular weight excluding hydrogens is 196 g/mol. The van der Waals surface area contributed by atoms with Gasteiger partial charge in [0.1, 0.15) is 0 Å². The van der Waals surface area contributed by atoms with Crippen LogP contribution in [-0.2, 0) is 16.0 Å². The topological polar surface area (TPSA) is 63.6 Å². The predicted molar refractivity (Wildman–Crippen MR) is 54.0 cm³/mol. The van der Waals surface area contributed by atoms with E-state index in [-0.39, 0.29) is 5.56 Å². The first-order chi connectivity index (χ1) is 7.15. The lowest BCUT2D eigenvalue weighted by atomic mass is 10.1. The fraction of sp³-hybridized carbons (Fsp3) is 0.273. The summed E-state index contributed by atoms with van der Waals surface area (Å²) in [6.45, 7) is 0.603. The Hall–Kier alpha value is -1.68. The number of rotatable bonds is 5. The van der Waals surface area contributed by atoms with Gasteiger partial charge in [-0.15, -0.1) is 0 Å². The van der Waals surface area contributed by atoms with Gasteiger partial charge in [-0.05, 0) is 12.0 Å². The number of ether oxygens (including phenoxy) is 1. The lowest BCUT2D eigenvalue weighted by Crippen LogP contribution is -2.12. The van der Waals surface area contributed by atoms with Crippen molar-refractivity contribution in [3.63, 3.8) is 0 Å². The molecule has 1 rings (SSSR count). The van der Waals surface area contributed by atoms with Gasteiger partial charge in [-0.1, -0.05) is 24.3 Å². The zero-order valence-electron chi connectivity index (χ0n) is 8.40. The molecule has 80 valence electrons. The van der Waals surface area contributed by atoms with Gasteiger partial charge >= 0.3 is 5.97 Å². The normalized spacial score (nSPS) is 9.93. The number of Topliss-reactive ketones (excluding diaryl/α,β-unsaturated/α-hetero) is 1. The Morgan fingerprint density at radius 1 is 1.27 bits per heavy atom. The van der Waals surface area contributed by atoms with Crippen molar-refractivity contribution in [1.82, 2.24) is 0 Å². The van der Waals surface area contributed by atoms with Crippen LogP contribution in [0.2, 0.25) is 0 Å². The van der Waals surface area contributed by atoms with Crippen molar-refractivity contribution < 1.29 is 19.4 Å². The number of benzene rings is 1. The number of aliphatic carboxylic acids is 1. The van der Waals surface area contributed by atoms with Crippen LogP contribution in [0.5, 0.6) is 0 Å². The van der Waals surface area contributed by atoms with Gasteiger partial charge in [-0.25, -0.2) is 4.79 Å². The number of methoxy groups -OCH3 is 1. The Bertz CT molecular complexity index is 353. The zero-order chi connectivity index (χ0) is 11.3. The second kappa shape index (κ2) is 5.26. The van der Waals surface area contributed by atoms with Crippen molar-refractivity contribution in [2.45, 2.75) is 6.42 Å². The Morgan fingerprint density at radius 2 is 1.87 bits per heavy atom. The molecule has 0 fully saturated rings. The van der Waals surface area contributed by atoms with Crippen molar-refractivity contribution in [1.29, 1.82) is 0 Å². The van der Waals surface area contributed by atoms with E-state index in [1.807, 2.05) is 0 Å². The molecule has 0 saturated heterocycles. The van der Waals surface area contributed by atoms with E-state index in [0.29, 0.717) is 6.61 Å². The lowest BCUT2D eigenvalue weighted by molar-refractivity contribution is -0.131. The van der Waals surface area contributed by atoms with Crippen molar-refractivity contribution in [2.24, 2.45) is 0 Å². The van der Waals surface area contributed by atoms with Gasteiger partial charge < -0.3 is 9.84 Å². The maximum Gasteiger partial charge on any atom is 0.377 e. The van der Waals surface area contributed by atoms with Crippen molar-refractivity contribution in [2.75, 3.05) is 13.7 Å². The highest BCUT2D eigenvalue weighted by Gasteiger charge is 2.13. The number of ketones is 1. The van der Waals surface area contributed by atoms with E-state index in [0.717, 1.165) is 12.0 Å². The fourth-order valence-corrected chi connectivity index (χ4v) is 1.17. The van der Waals surface area contributed by atoms with Crippen LogP contribution in [0.25, 0.3) is 0 Å². The molecule has 0 saturated carbocycles. The van der Waals surface area contributed by atoms with Gasteiger partial charge in [0.25, 0.3) is 5.78 Å². The maximum atomic E-state index is 11.0. The van der Waals surface area contributed by atoms with Crippen LogP contribution in [0.1, 0.15) is 15.9 Å². The summed E-state index contributed by atoms with van der Waals surface area (Å²) in [6.07, 6.45) is 0.748. The van der Waals surface area contributed by atoms with E-state index in [9.17, 15) is 9.59 Å². The van der Waals surface area contributed by atoms with Gasteiger partial charge in [-0.2, -0.15) is 0 Å². The Labute approximate surface area is 87.5 Å². The molecular formula is C11H12O4. The van der Waals surface area contributed by atoms with Crippen LogP contribution >= 0.6 is 0 Å². The van der Waals surface area contributed by atoms with Crippen LogP contribution in [0.4, 0.5) is 0 Å². The molecule has 4 nitrogen and oxygen atoms in total. The quantitative estimate of drug-likeness (QED) is 0.582. The van der Waals surface area contributed by atoms with Gasteiger partial charge in [0.15, 0.2) is 0 Å². The lowest BCUT2D eigenvalue weighted by Gasteiger charge is -2.01. The van der Waals surface area contributed by atoms with E-state index >= 15 is 0 Å². The predicted octanol–water partition coefficient (Wildman–Crippen LogP) is 1.14. The number of carboxylic acids is 1. The number of hydrogen-bond acceptors (Lipinski definition) is 3. The summed E-state index contributed by atoms with van der Waals surface area (Å²) < 4.78 is 4.90. The van der Waals surface area contributed by atoms with Gasteiger partial charge in [0.2, 0.25) is 0 Å². The molecule has 0 aliphatic carbocycles. The van der Waals surface area contributed by atoms with E-state index in [4.69, 9.17) is 9.84 Å². The maximum absolute atomic E-state index is 11.0. The summed E-state index contributed by atoms with van der Waals surface area (Å²) in [4.78, 5) is 21.4. The van der Waals surface area contributed by atoms with Crippen molar-refractivity contribution >= 4 is 11.8 Å².